The number of anilines is 3. The van der Waals surface area contributed by atoms with Gasteiger partial charge < -0.3 is 5.32 Å². The number of nitrogens with zero attached hydrogens (tertiary/aromatic N) is 5. The molecule has 0 spiro atoms. The minimum Gasteiger partial charge on any atom is -0.321 e. The number of hydrogen-bond donors (Lipinski definition) is 1. The van der Waals surface area contributed by atoms with Crippen LogP contribution in [0.25, 0.3) is 0 Å². The number of fused-ring (bicyclic) bond motifs is 1. The summed E-state index contributed by atoms with van der Waals surface area (Å²) < 4.78 is 0. The molecule has 0 fully saturated rings. The Morgan fingerprint density at radius 3 is 2.62 bits per heavy atom. The summed E-state index contributed by atoms with van der Waals surface area (Å²) in [5, 5.41) is 3.54. The van der Waals surface area contributed by atoms with E-state index in [-0.39, 0.29) is 17.4 Å². The van der Waals surface area contributed by atoms with Crippen molar-refractivity contribution in [3.05, 3.63) is 65.1 Å². The predicted molar refractivity (Wildman–Crippen MR) is 136 cm³/mol. The molecular weight excluding hydrogens is 448 g/mol. The molecule has 1 aromatic carbocycles. The zero-order valence-electron chi connectivity index (χ0n) is 20.2. The van der Waals surface area contributed by atoms with Gasteiger partial charge in [0, 0.05) is 24.4 Å². The highest BCUT2D eigenvalue weighted by molar-refractivity contribution is 7.98. The van der Waals surface area contributed by atoms with E-state index in [2.05, 4.69) is 41.0 Å². The van der Waals surface area contributed by atoms with Gasteiger partial charge in [-0.1, -0.05) is 44.7 Å². The van der Waals surface area contributed by atoms with Crippen molar-refractivity contribution in [3.63, 3.8) is 0 Å². The average Bonchev–Trinajstić information content (AvgIpc) is 2.82. The van der Waals surface area contributed by atoms with Crippen LogP contribution in [0.1, 0.15) is 48.0 Å². The van der Waals surface area contributed by atoms with Crippen LogP contribution in [0.5, 0.6) is 0 Å². The lowest BCUT2D eigenvalue weighted by atomic mass is 9.86. The van der Waals surface area contributed by atoms with E-state index < -0.39 is 0 Å². The summed E-state index contributed by atoms with van der Waals surface area (Å²) in [4.78, 5) is 42.6. The third kappa shape index (κ3) is 4.61. The lowest BCUT2D eigenvalue weighted by Gasteiger charge is -2.34. The van der Waals surface area contributed by atoms with Gasteiger partial charge in [0.25, 0.3) is 5.91 Å². The highest BCUT2D eigenvalue weighted by atomic mass is 32.2. The number of carbonyl (C=O) groups excluding carboxylic acids is 2. The van der Waals surface area contributed by atoms with E-state index in [1.54, 1.807) is 36.5 Å². The molecule has 0 saturated heterocycles. The molecule has 0 saturated carbocycles. The number of carbonyl (C=O) groups is 2. The molecule has 8 nitrogen and oxygen atoms in total. The van der Waals surface area contributed by atoms with E-state index >= 15 is 0 Å². The molecule has 4 rings (SSSR count). The van der Waals surface area contributed by atoms with Crippen LogP contribution in [0, 0.1) is 6.92 Å². The largest absolute Gasteiger partial charge is 0.330 e. The standard InChI is InChI=1S/C25H28N6O2S/c1-15-20(31-14-17-12-27-23(34-6)29-21(17)30(5)24(31)33)11-19(13-26-15)28-22(32)16-8-7-9-18(10-16)25(2,3)4/h7-13H,14H2,1-6H3,(H,28,32). The maximum Gasteiger partial charge on any atom is 0.330 e. The van der Waals surface area contributed by atoms with E-state index in [4.69, 9.17) is 0 Å². The van der Waals surface area contributed by atoms with Crippen LogP contribution in [-0.4, -0.2) is 40.2 Å². The number of pyridine rings is 1. The third-order valence-corrected chi connectivity index (χ3v) is 6.33. The molecule has 176 valence electrons. The first-order chi connectivity index (χ1) is 16.1. The molecule has 1 aliphatic heterocycles. The van der Waals surface area contributed by atoms with Crippen molar-refractivity contribution in [3.8, 4) is 0 Å². The van der Waals surface area contributed by atoms with Gasteiger partial charge in [0.2, 0.25) is 0 Å². The molecule has 0 atom stereocenters. The van der Waals surface area contributed by atoms with E-state index in [0.717, 1.165) is 11.1 Å². The Bertz CT molecular complexity index is 1270. The Morgan fingerprint density at radius 2 is 1.91 bits per heavy atom. The van der Waals surface area contributed by atoms with Gasteiger partial charge >= 0.3 is 6.03 Å². The van der Waals surface area contributed by atoms with E-state index in [1.165, 1.54) is 16.7 Å². The van der Waals surface area contributed by atoms with Crippen LogP contribution in [-0.2, 0) is 12.0 Å². The summed E-state index contributed by atoms with van der Waals surface area (Å²) >= 11 is 1.43. The molecule has 3 amide bonds. The molecule has 3 heterocycles. The first kappa shape index (κ1) is 23.7. The molecule has 1 N–H and O–H groups in total. The van der Waals surface area contributed by atoms with Crippen LogP contribution in [0.15, 0.2) is 47.9 Å². The maximum atomic E-state index is 13.2. The molecular formula is C25H28N6O2S. The SMILES string of the molecule is CSc1ncc2c(n1)N(C)C(=O)N(c1cc(NC(=O)c3cccc(C(C)(C)C)c3)cnc1C)C2. The number of thioether (sulfide) groups is 1. The lowest BCUT2D eigenvalue weighted by molar-refractivity contribution is 0.102. The highest BCUT2D eigenvalue weighted by Crippen LogP contribution is 2.32. The normalized spacial score (nSPS) is 13.6. The number of rotatable bonds is 4. The summed E-state index contributed by atoms with van der Waals surface area (Å²) in [7, 11) is 1.70. The Morgan fingerprint density at radius 1 is 1.15 bits per heavy atom. The van der Waals surface area contributed by atoms with Crippen molar-refractivity contribution in [2.45, 2.75) is 44.8 Å². The van der Waals surface area contributed by atoms with Gasteiger partial charge in [-0.15, -0.1) is 0 Å². The highest BCUT2D eigenvalue weighted by Gasteiger charge is 2.32. The average molecular weight is 477 g/mol. The van der Waals surface area contributed by atoms with E-state index in [1.807, 2.05) is 31.4 Å². The minimum atomic E-state index is -0.229. The number of aryl methyl sites for hydroxylation is 1. The summed E-state index contributed by atoms with van der Waals surface area (Å²) in [6, 6.07) is 9.16. The quantitative estimate of drug-likeness (QED) is 0.420. The molecule has 0 unspecified atom stereocenters. The van der Waals surface area contributed by atoms with Crippen molar-refractivity contribution < 1.29 is 9.59 Å². The van der Waals surface area contributed by atoms with Crippen molar-refractivity contribution in [1.82, 2.24) is 15.0 Å². The molecule has 1 aliphatic rings. The van der Waals surface area contributed by atoms with Gasteiger partial charge in [-0.2, -0.15) is 0 Å². The van der Waals surface area contributed by atoms with Crippen LogP contribution >= 0.6 is 11.8 Å². The lowest BCUT2D eigenvalue weighted by Crippen LogP contribution is -2.46. The molecule has 34 heavy (non-hydrogen) atoms. The second kappa shape index (κ2) is 9.06. The maximum absolute atomic E-state index is 13.2. The molecule has 0 aliphatic carbocycles. The van der Waals surface area contributed by atoms with Gasteiger partial charge in [-0.25, -0.2) is 14.8 Å². The first-order valence-corrected chi connectivity index (χ1v) is 12.1. The van der Waals surface area contributed by atoms with Crippen molar-refractivity contribution in [1.29, 1.82) is 0 Å². The summed E-state index contributed by atoms with van der Waals surface area (Å²) in [6.45, 7) is 8.48. The topological polar surface area (TPSA) is 91.3 Å². The van der Waals surface area contributed by atoms with Crippen LogP contribution in [0.2, 0.25) is 0 Å². The molecule has 9 heteroatoms. The molecule has 0 bridgehead atoms. The first-order valence-electron chi connectivity index (χ1n) is 10.9. The summed E-state index contributed by atoms with van der Waals surface area (Å²) in [5.41, 5.74) is 4.24. The fourth-order valence-corrected chi connectivity index (χ4v) is 4.11. The van der Waals surface area contributed by atoms with Crippen LogP contribution < -0.4 is 15.1 Å². The van der Waals surface area contributed by atoms with Gasteiger partial charge in [-0.05, 0) is 42.4 Å². The van der Waals surface area contributed by atoms with E-state index in [9.17, 15) is 9.59 Å². The zero-order chi connectivity index (χ0) is 24.6. The third-order valence-electron chi connectivity index (χ3n) is 5.77. The number of nitrogens with one attached hydrogen (secondary N) is 1. The van der Waals surface area contributed by atoms with Gasteiger partial charge in [-0.3, -0.25) is 19.6 Å². The number of amides is 3. The predicted octanol–water partition coefficient (Wildman–Crippen LogP) is 5.03. The Kier molecular flexibility index (Phi) is 6.31. The monoisotopic (exact) mass is 476 g/mol. The fraction of sp³-hybridized carbons (Fsp3) is 0.320. The summed E-state index contributed by atoms with van der Waals surface area (Å²) in [5.74, 6) is 0.377. The van der Waals surface area contributed by atoms with Gasteiger partial charge in [0.15, 0.2) is 5.16 Å². The number of benzene rings is 1. The second-order valence-electron chi connectivity index (χ2n) is 9.25. The molecule has 3 aromatic rings. The smallest absolute Gasteiger partial charge is 0.321 e. The zero-order valence-corrected chi connectivity index (χ0v) is 21.0. The minimum absolute atomic E-state index is 0.0634. The van der Waals surface area contributed by atoms with Crippen LogP contribution in [0.3, 0.4) is 0 Å². The van der Waals surface area contributed by atoms with Crippen LogP contribution in [0.4, 0.5) is 22.0 Å². The number of aromatic nitrogens is 3. The van der Waals surface area contributed by atoms with Crippen molar-refractivity contribution >= 4 is 40.9 Å². The summed E-state index contributed by atoms with van der Waals surface area (Å²) in [6.07, 6.45) is 5.25. The van der Waals surface area contributed by atoms with Gasteiger partial charge in [0.05, 0.1) is 29.8 Å². The Labute approximate surface area is 203 Å². The van der Waals surface area contributed by atoms with Gasteiger partial charge in [0.1, 0.15) is 5.82 Å². The second-order valence-corrected chi connectivity index (χ2v) is 10.0. The van der Waals surface area contributed by atoms with E-state index in [0.29, 0.717) is 40.2 Å². The number of hydrogen-bond acceptors (Lipinski definition) is 6. The molecule has 0 radical (unpaired) electrons. The molecule has 2 aromatic heterocycles. The van der Waals surface area contributed by atoms with Crippen molar-refractivity contribution in [2.75, 3.05) is 28.4 Å². The van der Waals surface area contributed by atoms with Crippen molar-refractivity contribution in [2.24, 2.45) is 0 Å². The Hall–Kier alpha value is -3.46. The number of urea groups is 1. The fourth-order valence-electron chi connectivity index (χ4n) is 3.77. The Balaban J connectivity index is 1.61.